The van der Waals surface area contributed by atoms with Crippen molar-refractivity contribution in [2.75, 3.05) is 6.26 Å². The molecule has 0 spiro atoms. The van der Waals surface area contributed by atoms with E-state index in [0.29, 0.717) is 0 Å². The van der Waals surface area contributed by atoms with Crippen LogP contribution in [0, 0.1) is 6.92 Å². The molecule has 0 radical (unpaired) electrons. The lowest BCUT2D eigenvalue weighted by Crippen LogP contribution is -1.99. The monoisotopic (exact) mass is 244 g/mol. The van der Waals surface area contributed by atoms with E-state index in [1.54, 1.807) is 11.8 Å². The van der Waals surface area contributed by atoms with Crippen molar-refractivity contribution in [3.63, 3.8) is 0 Å². The predicted octanol–water partition coefficient (Wildman–Crippen LogP) is 3.80. The van der Waals surface area contributed by atoms with Crippen molar-refractivity contribution in [3.05, 3.63) is 65.2 Å². The molecule has 17 heavy (non-hydrogen) atoms. The average molecular weight is 244 g/mol. The van der Waals surface area contributed by atoms with Gasteiger partial charge in [-0.25, -0.2) is 0 Å². The van der Waals surface area contributed by atoms with Crippen LogP contribution in [0.1, 0.15) is 22.8 Å². The normalized spacial score (nSPS) is 12.4. The summed E-state index contributed by atoms with van der Waals surface area (Å²) in [5.74, 6) is 0. The number of rotatable bonds is 3. The lowest BCUT2D eigenvalue weighted by Gasteiger charge is -2.12. The Hall–Kier alpha value is -1.25. The Bertz CT molecular complexity index is 491. The second-order valence-electron chi connectivity index (χ2n) is 4.09. The van der Waals surface area contributed by atoms with Crippen molar-refractivity contribution < 1.29 is 5.11 Å². The van der Waals surface area contributed by atoms with Gasteiger partial charge in [-0.15, -0.1) is 11.8 Å². The molecule has 0 fully saturated rings. The molecule has 2 aromatic carbocycles. The second kappa shape index (κ2) is 5.39. The lowest BCUT2D eigenvalue weighted by molar-refractivity contribution is 0.220. The number of thioether (sulfide) groups is 1. The predicted molar refractivity (Wildman–Crippen MR) is 73.5 cm³/mol. The van der Waals surface area contributed by atoms with Gasteiger partial charge in [0.05, 0.1) is 0 Å². The van der Waals surface area contributed by atoms with Crippen LogP contribution in [0.5, 0.6) is 0 Å². The summed E-state index contributed by atoms with van der Waals surface area (Å²) >= 11 is 1.71. The Morgan fingerprint density at radius 1 is 1.00 bits per heavy atom. The fourth-order valence-electron chi connectivity index (χ4n) is 1.82. The SMILES string of the molecule is CSc1ccc([C@H](O)c2cccc(C)c2)cc1. The first kappa shape index (κ1) is 12.2. The van der Waals surface area contributed by atoms with Crippen molar-refractivity contribution in [1.82, 2.24) is 0 Å². The quantitative estimate of drug-likeness (QED) is 0.829. The highest BCUT2D eigenvalue weighted by molar-refractivity contribution is 7.98. The van der Waals surface area contributed by atoms with Crippen molar-refractivity contribution in [2.45, 2.75) is 17.9 Å². The van der Waals surface area contributed by atoms with Gasteiger partial charge in [0.1, 0.15) is 6.10 Å². The fourth-order valence-corrected chi connectivity index (χ4v) is 2.23. The largest absolute Gasteiger partial charge is 0.384 e. The Morgan fingerprint density at radius 3 is 2.29 bits per heavy atom. The number of benzene rings is 2. The minimum atomic E-state index is -0.536. The molecule has 0 unspecified atom stereocenters. The highest BCUT2D eigenvalue weighted by atomic mass is 32.2. The molecule has 1 atom stereocenters. The van der Waals surface area contributed by atoms with Crippen LogP contribution in [0.4, 0.5) is 0 Å². The molecule has 0 aliphatic heterocycles. The van der Waals surface area contributed by atoms with E-state index >= 15 is 0 Å². The van der Waals surface area contributed by atoms with Gasteiger partial charge in [-0.2, -0.15) is 0 Å². The van der Waals surface area contributed by atoms with Gasteiger partial charge in [0.15, 0.2) is 0 Å². The Balaban J connectivity index is 2.27. The van der Waals surface area contributed by atoms with Crippen LogP contribution in [-0.2, 0) is 0 Å². The molecule has 2 aromatic rings. The van der Waals surface area contributed by atoms with Crippen LogP contribution in [0.15, 0.2) is 53.4 Å². The van der Waals surface area contributed by atoms with Crippen molar-refractivity contribution in [3.8, 4) is 0 Å². The van der Waals surface area contributed by atoms with Crippen LogP contribution in [-0.4, -0.2) is 11.4 Å². The molecular weight excluding hydrogens is 228 g/mol. The summed E-state index contributed by atoms with van der Waals surface area (Å²) in [4.78, 5) is 1.21. The highest BCUT2D eigenvalue weighted by Crippen LogP contribution is 2.24. The van der Waals surface area contributed by atoms with E-state index in [9.17, 15) is 5.11 Å². The Labute approximate surface area is 107 Å². The van der Waals surface area contributed by atoms with Gasteiger partial charge >= 0.3 is 0 Å². The van der Waals surface area contributed by atoms with E-state index in [0.717, 1.165) is 11.1 Å². The maximum absolute atomic E-state index is 10.3. The van der Waals surface area contributed by atoms with Gasteiger partial charge < -0.3 is 5.11 Å². The standard InChI is InChI=1S/C15H16OS/c1-11-4-3-5-13(10-11)15(16)12-6-8-14(17-2)9-7-12/h3-10,15-16H,1-2H3/t15-/m0/s1. The molecule has 0 aliphatic carbocycles. The van der Waals surface area contributed by atoms with Crippen LogP contribution >= 0.6 is 11.8 Å². The van der Waals surface area contributed by atoms with Crippen molar-refractivity contribution in [2.24, 2.45) is 0 Å². The van der Waals surface area contributed by atoms with Gasteiger partial charge in [0.25, 0.3) is 0 Å². The number of aliphatic hydroxyl groups excluding tert-OH is 1. The lowest BCUT2D eigenvalue weighted by atomic mass is 10.0. The van der Waals surface area contributed by atoms with Crippen LogP contribution in [0.2, 0.25) is 0 Å². The molecule has 0 bridgehead atoms. The van der Waals surface area contributed by atoms with E-state index < -0.39 is 6.10 Å². The molecule has 2 rings (SSSR count). The summed E-state index contributed by atoms with van der Waals surface area (Å²) in [7, 11) is 0. The minimum absolute atomic E-state index is 0.536. The molecular formula is C15H16OS. The third-order valence-electron chi connectivity index (χ3n) is 2.79. The second-order valence-corrected chi connectivity index (χ2v) is 4.97. The molecule has 0 aliphatic rings. The fraction of sp³-hybridized carbons (Fsp3) is 0.200. The summed E-state index contributed by atoms with van der Waals surface area (Å²) in [6.45, 7) is 2.03. The topological polar surface area (TPSA) is 20.2 Å². The van der Waals surface area contributed by atoms with E-state index in [-0.39, 0.29) is 0 Å². The molecule has 88 valence electrons. The summed E-state index contributed by atoms with van der Waals surface area (Å²) in [6.07, 6.45) is 1.51. The van der Waals surface area contributed by atoms with Crippen LogP contribution in [0.3, 0.4) is 0 Å². The zero-order chi connectivity index (χ0) is 12.3. The van der Waals surface area contributed by atoms with Crippen molar-refractivity contribution in [1.29, 1.82) is 0 Å². The molecule has 1 N–H and O–H groups in total. The molecule has 0 saturated carbocycles. The van der Waals surface area contributed by atoms with Gasteiger partial charge in [0.2, 0.25) is 0 Å². The first-order chi connectivity index (χ1) is 8.20. The number of aryl methyl sites for hydroxylation is 1. The third kappa shape index (κ3) is 2.90. The molecule has 1 nitrogen and oxygen atoms in total. The van der Waals surface area contributed by atoms with E-state index in [2.05, 4.69) is 0 Å². The van der Waals surface area contributed by atoms with Gasteiger partial charge in [-0.3, -0.25) is 0 Å². The maximum atomic E-state index is 10.3. The van der Waals surface area contributed by atoms with E-state index in [1.807, 2.05) is 61.7 Å². The van der Waals surface area contributed by atoms with Crippen LogP contribution in [0.25, 0.3) is 0 Å². The van der Waals surface area contributed by atoms with E-state index in [1.165, 1.54) is 10.5 Å². The van der Waals surface area contributed by atoms with E-state index in [4.69, 9.17) is 0 Å². The molecule has 0 saturated heterocycles. The van der Waals surface area contributed by atoms with Crippen molar-refractivity contribution >= 4 is 11.8 Å². The first-order valence-electron chi connectivity index (χ1n) is 5.59. The minimum Gasteiger partial charge on any atom is -0.384 e. The highest BCUT2D eigenvalue weighted by Gasteiger charge is 2.09. The number of hydrogen-bond acceptors (Lipinski definition) is 2. The Kier molecular flexibility index (Phi) is 3.87. The number of hydrogen-bond donors (Lipinski definition) is 1. The molecule has 0 heterocycles. The molecule has 2 heteroatoms. The summed E-state index contributed by atoms with van der Waals surface area (Å²) in [5.41, 5.74) is 3.05. The summed E-state index contributed by atoms with van der Waals surface area (Å²) in [6, 6.07) is 16.0. The average Bonchev–Trinajstić information content (AvgIpc) is 2.38. The zero-order valence-corrected chi connectivity index (χ0v) is 10.9. The van der Waals surface area contributed by atoms with Gasteiger partial charge in [-0.05, 0) is 36.4 Å². The maximum Gasteiger partial charge on any atom is 0.104 e. The zero-order valence-electron chi connectivity index (χ0n) is 10.1. The first-order valence-corrected chi connectivity index (χ1v) is 6.82. The molecule has 0 aromatic heterocycles. The summed E-state index contributed by atoms with van der Waals surface area (Å²) < 4.78 is 0. The summed E-state index contributed by atoms with van der Waals surface area (Å²) in [5, 5.41) is 10.3. The Morgan fingerprint density at radius 2 is 1.71 bits per heavy atom. The third-order valence-corrected chi connectivity index (χ3v) is 3.53. The van der Waals surface area contributed by atoms with Gasteiger partial charge in [0, 0.05) is 4.90 Å². The van der Waals surface area contributed by atoms with Crippen LogP contribution < -0.4 is 0 Å². The number of aliphatic hydroxyl groups is 1. The van der Waals surface area contributed by atoms with Gasteiger partial charge in [-0.1, -0.05) is 42.0 Å². The molecule has 0 amide bonds. The smallest absolute Gasteiger partial charge is 0.104 e.